The van der Waals surface area contributed by atoms with Gasteiger partial charge in [-0.25, -0.2) is 4.98 Å². The predicted octanol–water partition coefficient (Wildman–Crippen LogP) is 0.624. The molecule has 0 aliphatic carbocycles. The number of aromatic nitrogens is 3. The molecule has 1 N–H and O–H groups in total. The molecule has 0 amide bonds. The molecule has 0 fully saturated rings. The van der Waals surface area contributed by atoms with Crippen LogP contribution < -0.4 is 0 Å². The lowest BCUT2D eigenvalue weighted by molar-refractivity contribution is 0.282. The number of nitrogens with zero attached hydrogens (tertiary/aromatic N) is 4. The van der Waals surface area contributed by atoms with E-state index in [0.717, 1.165) is 0 Å². The molecule has 15 heavy (non-hydrogen) atoms. The van der Waals surface area contributed by atoms with Crippen molar-refractivity contribution in [2.75, 3.05) is 6.61 Å². The summed E-state index contributed by atoms with van der Waals surface area (Å²) in [5.74, 6) is -0.444. The molecular formula is C10H8N4O. The van der Waals surface area contributed by atoms with Gasteiger partial charge in [0.05, 0.1) is 18.2 Å². The first-order valence-electron chi connectivity index (χ1n) is 4.45. The Labute approximate surface area is 86.0 Å². The molecule has 5 heteroatoms. The van der Waals surface area contributed by atoms with Crippen molar-refractivity contribution >= 4 is 11.0 Å². The number of benzene rings is 1. The molecule has 1 heterocycles. The zero-order valence-electron chi connectivity index (χ0n) is 7.83. The van der Waals surface area contributed by atoms with Gasteiger partial charge >= 0.3 is 0 Å². The maximum absolute atomic E-state index is 8.92. The summed E-state index contributed by atoms with van der Waals surface area (Å²) in [6.45, 7) is -0.295. The van der Waals surface area contributed by atoms with E-state index < -0.39 is 5.92 Å². The highest BCUT2D eigenvalue weighted by atomic mass is 16.3. The van der Waals surface area contributed by atoms with E-state index in [-0.39, 0.29) is 12.4 Å². The van der Waals surface area contributed by atoms with Crippen LogP contribution >= 0.6 is 0 Å². The van der Waals surface area contributed by atoms with Crippen LogP contribution in [0, 0.1) is 11.3 Å². The topological polar surface area (TPSA) is 82.7 Å². The molecule has 0 radical (unpaired) electrons. The molecule has 74 valence electrons. The number of fused-ring (bicyclic) bond motifs is 1. The molecule has 0 aliphatic rings. The first kappa shape index (κ1) is 9.49. The summed E-state index contributed by atoms with van der Waals surface area (Å²) in [7, 11) is 0. The van der Waals surface area contributed by atoms with Gasteiger partial charge in [0.15, 0.2) is 5.82 Å². The van der Waals surface area contributed by atoms with Crippen LogP contribution in [0.5, 0.6) is 0 Å². The number of aliphatic hydroxyl groups excluding tert-OH is 1. The van der Waals surface area contributed by atoms with Gasteiger partial charge < -0.3 is 5.11 Å². The van der Waals surface area contributed by atoms with Crippen LogP contribution in [0.1, 0.15) is 11.7 Å². The average Bonchev–Trinajstić information content (AvgIpc) is 2.30. The van der Waals surface area contributed by atoms with Crippen molar-refractivity contribution in [1.82, 2.24) is 15.2 Å². The molecule has 0 saturated heterocycles. The molecule has 1 unspecified atom stereocenters. The van der Waals surface area contributed by atoms with Crippen LogP contribution in [0.3, 0.4) is 0 Å². The Morgan fingerprint density at radius 2 is 2.00 bits per heavy atom. The largest absolute Gasteiger partial charge is 0.395 e. The van der Waals surface area contributed by atoms with Crippen LogP contribution in [0.25, 0.3) is 11.0 Å². The second-order valence-corrected chi connectivity index (χ2v) is 3.02. The molecule has 0 aliphatic heterocycles. The van der Waals surface area contributed by atoms with E-state index in [1.807, 2.05) is 18.2 Å². The van der Waals surface area contributed by atoms with Gasteiger partial charge in [-0.2, -0.15) is 5.26 Å². The second kappa shape index (κ2) is 3.98. The van der Waals surface area contributed by atoms with Gasteiger partial charge in [-0.3, -0.25) is 0 Å². The maximum Gasteiger partial charge on any atom is 0.171 e. The summed E-state index contributed by atoms with van der Waals surface area (Å²) in [6, 6.07) is 9.17. The quantitative estimate of drug-likeness (QED) is 0.768. The van der Waals surface area contributed by atoms with Crippen molar-refractivity contribution in [2.45, 2.75) is 5.92 Å². The lowest BCUT2D eigenvalue weighted by atomic mass is 10.2. The third-order valence-corrected chi connectivity index (χ3v) is 2.03. The molecule has 1 aromatic heterocycles. The van der Waals surface area contributed by atoms with Gasteiger partial charge in [0, 0.05) is 0 Å². The minimum atomic E-state index is -0.706. The third kappa shape index (κ3) is 1.75. The van der Waals surface area contributed by atoms with E-state index in [0.29, 0.717) is 11.0 Å². The predicted molar refractivity (Wildman–Crippen MR) is 52.8 cm³/mol. The Kier molecular flexibility index (Phi) is 2.52. The standard InChI is InChI=1S/C10H8N4O/c11-5-7(6-15)10-12-8-3-1-2-4-9(8)13-14-10/h1-4,7,15H,6H2. The Bertz CT molecular complexity index is 520. The first-order valence-corrected chi connectivity index (χ1v) is 4.45. The number of nitriles is 1. The number of hydrogen-bond donors (Lipinski definition) is 1. The average molecular weight is 200 g/mol. The smallest absolute Gasteiger partial charge is 0.171 e. The van der Waals surface area contributed by atoms with Crippen LogP contribution in [0.2, 0.25) is 0 Å². The second-order valence-electron chi connectivity index (χ2n) is 3.02. The van der Waals surface area contributed by atoms with Crippen molar-refractivity contribution in [2.24, 2.45) is 0 Å². The molecular weight excluding hydrogens is 192 g/mol. The van der Waals surface area contributed by atoms with Gasteiger partial charge in [-0.1, -0.05) is 12.1 Å². The zero-order chi connectivity index (χ0) is 10.7. The summed E-state index contributed by atoms with van der Waals surface area (Å²) in [5, 5.41) is 25.4. The van der Waals surface area contributed by atoms with Crippen LogP contribution in [0.15, 0.2) is 24.3 Å². The van der Waals surface area contributed by atoms with Crippen molar-refractivity contribution in [3.8, 4) is 6.07 Å². The molecule has 2 aromatic rings. The molecule has 1 aromatic carbocycles. The molecule has 1 atom stereocenters. The van der Waals surface area contributed by atoms with Crippen molar-refractivity contribution in [1.29, 1.82) is 5.26 Å². The molecule has 0 spiro atoms. The first-order chi connectivity index (χ1) is 7.35. The Balaban J connectivity index is 2.52. The zero-order valence-corrected chi connectivity index (χ0v) is 7.83. The number of rotatable bonds is 2. The number of para-hydroxylation sites is 1. The van der Waals surface area contributed by atoms with Gasteiger partial charge in [0.1, 0.15) is 11.4 Å². The fraction of sp³-hybridized carbons (Fsp3) is 0.200. The van der Waals surface area contributed by atoms with Crippen LogP contribution in [-0.4, -0.2) is 26.9 Å². The minimum Gasteiger partial charge on any atom is -0.395 e. The fourth-order valence-electron chi connectivity index (χ4n) is 1.22. The maximum atomic E-state index is 8.92. The summed E-state index contributed by atoms with van der Waals surface area (Å²) < 4.78 is 0. The van der Waals surface area contributed by atoms with Gasteiger partial charge in [0.25, 0.3) is 0 Å². The number of hydrogen-bond acceptors (Lipinski definition) is 5. The summed E-state index contributed by atoms with van der Waals surface area (Å²) in [5.41, 5.74) is 1.35. The number of aliphatic hydroxyl groups is 1. The van der Waals surface area contributed by atoms with Crippen molar-refractivity contribution in [3.63, 3.8) is 0 Å². The van der Waals surface area contributed by atoms with Gasteiger partial charge in [-0.15, -0.1) is 10.2 Å². The summed E-state index contributed by atoms with van der Waals surface area (Å²) in [6.07, 6.45) is 0. The normalized spacial score (nSPS) is 12.3. The monoisotopic (exact) mass is 200 g/mol. The molecule has 0 saturated carbocycles. The lowest BCUT2D eigenvalue weighted by Gasteiger charge is -2.03. The van der Waals surface area contributed by atoms with E-state index in [1.165, 1.54) is 0 Å². The lowest BCUT2D eigenvalue weighted by Crippen LogP contribution is -2.07. The Morgan fingerprint density at radius 1 is 1.27 bits per heavy atom. The minimum absolute atomic E-state index is 0.263. The summed E-state index contributed by atoms with van der Waals surface area (Å²) in [4.78, 5) is 4.16. The van der Waals surface area contributed by atoms with Crippen LogP contribution in [0.4, 0.5) is 0 Å². The Morgan fingerprint density at radius 3 is 2.67 bits per heavy atom. The van der Waals surface area contributed by atoms with Crippen molar-refractivity contribution < 1.29 is 5.11 Å². The highest BCUT2D eigenvalue weighted by Gasteiger charge is 2.13. The molecule has 5 nitrogen and oxygen atoms in total. The SMILES string of the molecule is N#CC(CO)c1nnc2ccccc2n1. The summed E-state index contributed by atoms with van der Waals surface area (Å²) >= 11 is 0. The highest BCUT2D eigenvalue weighted by molar-refractivity contribution is 5.72. The van der Waals surface area contributed by atoms with Gasteiger partial charge in [-0.05, 0) is 12.1 Å². The van der Waals surface area contributed by atoms with Crippen molar-refractivity contribution in [3.05, 3.63) is 30.1 Å². The van der Waals surface area contributed by atoms with E-state index in [1.54, 1.807) is 12.1 Å². The fourth-order valence-corrected chi connectivity index (χ4v) is 1.22. The van der Waals surface area contributed by atoms with E-state index >= 15 is 0 Å². The highest BCUT2D eigenvalue weighted by Crippen LogP contribution is 2.12. The third-order valence-electron chi connectivity index (χ3n) is 2.03. The Hall–Kier alpha value is -2.06. The molecule has 2 rings (SSSR count). The van der Waals surface area contributed by atoms with Crippen LogP contribution in [-0.2, 0) is 0 Å². The van der Waals surface area contributed by atoms with E-state index in [9.17, 15) is 0 Å². The van der Waals surface area contributed by atoms with E-state index in [4.69, 9.17) is 10.4 Å². The molecule has 0 bridgehead atoms. The van der Waals surface area contributed by atoms with Gasteiger partial charge in [0.2, 0.25) is 0 Å². The van der Waals surface area contributed by atoms with E-state index in [2.05, 4.69) is 15.2 Å².